The summed E-state index contributed by atoms with van der Waals surface area (Å²) in [6.07, 6.45) is 0. The first kappa shape index (κ1) is 14.9. The molecule has 0 bridgehead atoms. The zero-order valence-corrected chi connectivity index (χ0v) is 13.0. The summed E-state index contributed by atoms with van der Waals surface area (Å²) < 4.78 is 0. The van der Waals surface area contributed by atoms with E-state index in [1.807, 2.05) is 54.6 Å². The third-order valence-corrected chi connectivity index (χ3v) is 3.42. The Balaban J connectivity index is 1.73. The summed E-state index contributed by atoms with van der Waals surface area (Å²) in [5, 5.41) is 12.5. The van der Waals surface area contributed by atoms with Crippen LogP contribution in [0.4, 0.5) is 0 Å². The average molecular weight is 307 g/mol. The molecule has 0 aliphatic heterocycles. The predicted octanol–water partition coefficient (Wildman–Crippen LogP) is 2.09. The first-order chi connectivity index (χ1) is 11.1. The van der Waals surface area contributed by atoms with Crippen molar-refractivity contribution in [2.45, 2.75) is 6.54 Å². The second kappa shape index (κ2) is 6.39. The summed E-state index contributed by atoms with van der Waals surface area (Å²) in [5.74, 6) is 0.590. The van der Waals surface area contributed by atoms with Crippen molar-refractivity contribution in [2.24, 2.45) is 0 Å². The normalized spacial score (nSPS) is 10.5. The molecular weight excluding hydrogens is 290 g/mol. The number of hydrogen-bond donors (Lipinski definition) is 0. The van der Waals surface area contributed by atoms with E-state index < -0.39 is 0 Å². The zero-order chi connectivity index (χ0) is 16.2. The molecule has 116 valence electrons. The number of nitrogens with zero attached hydrogens (tertiary/aromatic N) is 5. The highest BCUT2D eigenvalue weighted by Crippen LogP contribution is 2.13. The second-order valence-electron chi connectivity index (χ2n) is 5.41. The zero-order valence-electron chi connectivity index (χ0n) is 13.0. The Morgan fingerprint density at radius 1 is 1.04 bits per heavy atom. The minimum atomic E-state index is -0.0122. The Kier molecular flexibility index (Phi) is 4.14. The molecule has 0 unspecified atom stereocenters. The lowest BCUT2D eigenvalue weighted by Gasteiger charge is -2.10. The standard InChI is InChI=1S/C17H17N5O/c1-21(2)17(23)15-10-8-13(9-11-15)12-22-19-16(18-20-22)14-6-4-3-5-7-14/h3-11H,12H2,1-2H3. The van der Waals surface area contributed by atoms with E-state index >= 15 is 0 Å². The molecule has 0 aliphatic rings. The smallest absolute Gasteiger partial charge is 0.253 e. The lowest BCUT2D eigenvalue weighted by molar-refractivity contribution is 0.0827. The summed E-state index contributed by atoms with van der Waals surface area (Å²) in [4.78, 5) is 15.0. The number of amides is 1. The fourth-order valence-electron chi connectivity index (χ4n) is 2.19. The Morgan fingerprint density at radius 3 is 2.39 bits per heavy atom. The van der Waals surface area contributed by atoms with Crippen molar-refractivity contribution in [1.82, 2.24) is 25.1 Å². The van der Waals surface area contributed by atoms with Crippen LogP contribution in [0.25, 0.3) is 11.4 Å². The van der Waals surface area contributed by atoms with Gasteiger partial charge in [0.2, 0.25) is 5.82 Å². The van der Waals surface area contributed by atoms with Crippen LogP contribution in [0.3, 0.4) is 0 Å². The number of carbonyl (C=O) groups is 1. The van der Waals surface area contributed by atoms with Crippen molar-refractivity contribution in [3.8, 4) is 11.4 Å². The van der Waals surface area contributed by atoms with E-state index in [-0.39, 0.29) is 5.91 Å². The van der Waals surface area contributed by atoms with Crippen LogP contribution in [0.5, 0.6) is 0 Å². The quantitative estimate of drug-likeness (QED) is 0.740. The van der Waals surface area contributed by atoms with E-state index in [1.54, 1.807) is 23.8 Å². The lowest BCUT2D eigenvalue weighted by atomic mass is 10.1. The van der Waals surface area contributed by atoms with Gasteiger partial charge in [0, 0.05) is 25.2 Å². The molecule has 6 nitrogen and oxygen atoms in total. The van der Waals surface area contributed by atoms with Gasteiger partial charge >= 0.3 is 0 Å². The second-order valence-corrected chi connectivity index (χ2v) is 5.41. The first-order valence-corrected chi connectivity index (χ1v) is 7.27. The maximum atomic E-state index is 11.9. The van der Waals surface area contributed by atoms with Gasteiger partial charge in [0.15, 0.2) is 0 Å². The molecule has 6 heteroatoms. The van der Waals surface area contributed by atoms with Crippen molar-refractivity contribution < 1.29 is 4.79 Å². The Labute approximate surface area is 134 Å². The van der Waals surface area contributed by atoms with Crippen molar-refractivity contribution in [3.05, 3.63) is 65.7 Å². The average Bonchev–Trinajstić information content (AvgIpc) is 3.04. The van der Waals surface area contributed by atoms with Crippen molar-refractivity contribution >= 4 is 5.91 Å². The number of benzene rings is 2. The molecule has 0 radical (unpaired) electrons. The van der Waals surface area contributed by atoms with Gasteiger partial charge in [-0.25, -0.2) is 0 Å². The number of hydrogen-bond acceptors (Lipinski definition) is 4. The Bertz CT molecular complexity index is 793. The van der Waals surface area contributed by atoms with E-state index in [2.05, 4.69) is 15.4 Å². The molecule has 2 aromatic carbocycles. The first-order valence-electron chi connectivity index (χ1n) is 7.27. The van der Waals surface area contributed by atoms with Crippen LogP contribution in [0.15, 0.2) is 54.6 Å². The maximum absolute atomic E-state index is 11.9. The van der Waals surface area contributed by atoms with Gasteiger partial charge in [-0.2, -0.15) is 4.80 Å². The number of rotatable bonds is 4. The molecule has 0 atom stereocenters. The summed E-state index contributed by atoms with van der Waals surface area (Å²) >= 11 is 0. The minimum absolute atomic E-state index is 0.0122. The Morgan fingerprint density at radius 2 is 1.74 bits per heavy atom. The van der Waals surface area contributed by atoms with E-state index in [4.69, 9.17) is 0 Å². The molecule has 1 heterocycles. The highest BCUT2D eigenvalue weighted by atomic mass is 16.2. The van der Waals surface area contributed by atoms with E-state index in [0.717, 1.165) is 11.1 Å². The van der Waals surface area contributed by atoms with Crippen molar-refractivity contribution in [3.63, 3.8) is 0 Å². The van der Waals surface area contributed by atoms with Gasteiger partial charge in [0.05, 0.1) is 6.54 Å². The van der Waals surface area contributed by atoms with E-state index in [1.165, 1.54) is 0 Å². The molecule has 0 saturated heterocycles. The minimum Gasteiger partial charge on any atom is -0.345 e. The van der Waals surface area contributed by atoms with Crippen molar-refractivity contribution in [2.75, 3.05) is 14.1 Å². The monoisotopic (exact) mass is 307 g/mol. The largest absolute Gasteiger partial charge is 0.345 e. The highest BCUT2D eigenvalue weighted by molar-refractivity contribution is 5.93. The SMILES string of the molecule is CN(C)C(=O)c1ccc(Cn2nnc(-c3ccccc3)n2)cc1. The van der Waals surface area contributed by atoms with Crippen LogP contribution >= 0.6 is 0 Å². The Hall–Kier alpha value is -3.02. The molecule has 0 spiro atoms. The third-order valence-electron chi connectivity index (χ3n) is 3.42. The van der Waals surface area contributed by atoms with Gasteiger partial charge in [-0.3, -0.25) is 4.79 Å². The summed E-state index contributed by atoms with van der Waals surface area (Å²) in [5.41, 5.74) is 2.61. The molecule has 0 saturated carbocycles. The van der Waals surface area contributed by atoms with Crippen LogP contribution in [0, 0.1) is 0 Å². The molecule has 1 amide bonds. The van der Waals surface area contributed by atoms with Gasteiger partial charge in [-0.15, -0.1) is 10.2 Å². The molecule has 1 aromatic heterocycles. The van der Waals surface area contributed by atoms with Crippen LogP contribution in [-0.4, -0.2) is 45.1 Å². The number of tetrazole rings is 1. The maximum Gasteiger partial charge on any atom is 0.253 e. The molecule has 0 fully saturated rings. The van der Waals surface area contributed by atoms with Crippen molar-refractivity contribution in [1.29, 1.82) is 0 Å². The van der Waals surface area contributed by atoms with Gasteiger partial charge in [-0.1, -0.05) is 42.5 Å². The molecule has 0 N–H and O–H groups in total. The predicted molar refractivity (Wildman–Crippen MR) is 86.8 cm³/mol. The fraction of sp³-hybridized carbons (Fsp3) is 0.176. The van der Waals surface area contributed by atoms with Gasteiger partial charge in [0.25, 0.3) is 5.91 Å². The van der Waals surface area contributed by atoms with Crippen LogP contribution in [0.2, 0.25) is 0 Å². The van der Waals surface area contributed by atoms with Crippen LogP contribution in [-0.2, 0) is 6.54 Å². The summed E-state index contributed by atoms with van der Waals surface area (Å²) in [7, 11) is 3.47. The molecule has 0 aliphatic carbocycles. The summed E-state index contributed by atoms with van der Waals surface area (Å²) in [6, 6.07) is 17.2. The van der Waals surface area contributed by atoms with E-state index in [0.29, 0.717) is 17.9 Å². The van der Waals surface area contributed by atoms with Gasteiger partial charge < -0.3 is 4.90 Å². The highest BCUT2D eigenvalue weighted by Gasteiger charge is 2.09. The molecule has 3 rings (SSSR count). The number of carbonyl (C=O) groups excluding carboxylic acids is 1. The van der Waals surface area contributed by atoms with Crippen LogP contribution in [0.1, 0.15) is 15.9 Å². The van der Waals surface area contributed by atoms with Crippen LogP contribution < -0.4 is 0 Å². The van der Waals surface area contributed by atoms with Gasteiger partial charge in [0.1, 0.15) is 0 Å². The lowest BCUT2D eigenvalue weighted by Crippen LogP contribution is -2.21. The van der Waals surface area contributed by atoms with E-state index in [9.17, 15) is 4.79 Å². The molecular formula is C17H17N5O. The third kappa shape index (κ3) is 3.42. The van der Waals surface area contributed by atoms with Gasteiger partial charge in [-0.05, 0) is 22.9 Å². The molecule has 23 heavy (non-hydrogen) atoms. The number of aromatic nitrogens is 4. The fourth-order valence-corrected chi connectivity index (χ4v) is 2.19. The molecule has 3 aromatic rings. The summed E-state index contributed by atoms with van der Waals surface area (Å²) in [6.45, 7) is 0.510. The topological polar surface area (TPSA) is 63.9 Å².